The number of carbonyl (C=O) groups excluding carboxylic acids is 7. The van der Waals surface area contributed by atoms with E-state index in [0.29, 0.717) is 11.1 Å². The van der Waals surface area contributed by atoms with Gasteiger partial charge in [0, 0.05) is 41.0 Å². The van der Waals surface area contributed by atoms with Gasteiger partial charge in [-0.3, -0.25) is 14.4 Å². The lowest BCUT2D eigenvalue weighted by Gasteiger charge is -2.36. The van der Waals surface area contributed by atoms with Crippen LogP contribution in [0, 0.1) is 23.7 Å². The highest BCUT2D eigenvalue weighted by atomic mass is 16.6. The fourth-order valence-corrected chi connectivity index (χ4v) is 8.44. The lowest BCUT2D eigenvalue weighted by atomic mass is 10.00. The third kappa shape index (κ3) is 17.8. The van der Waals surface area contributed by atoms with E-state index in [4.69, 9.17) is 23.8 Å². The number of likely N-dealkylation sites (N-methyl/N-ethyl adjacent to an activating group) is 4. The maximum absolute atomic E-state index is 14.8. The van der Waals surface area contributed by atoms with Crippen LogP contribution in [0.2, 0.25) is 0 Å². The molecule has 1 heterocycles. The second-order valence-electron chi connectivity index (χ2n) is 20.5. The number of carbonyl (C=O) groups is 7. The maximum atomic E-state index is 14.8. The number of ether oxygens (including phenoxy) is 4. The Morgan fingerprint density at radius 3 is 1.17 bits per heavy atom. The molecule has 0 aromatic heterocycles. The standard InChI is InChI=1S/C55H81N5O12/c1-16-27-68-56-48-38(10)69-52(64)43(29-35(4)5)59(14)51(63)47(33-41-25-21-18-22-26-41)72-55(67)45(31-37(8)9)58(13)49(61)39(11)70-53(65)44(30-36(6)7)60(15)50(62)46(32-40-23-19-17-20-24-40)71-54(66)42(57(48)12)28-34(2)3/h16-26,34-39,42-47H,1,27-33H2,2-15H3/b56-48+/t38-,39-,42+,43+,44?,45+,46-,47-/m1/s1. The largest absolute Gasteiger partial charge is 0.453 e. The van der Waals surface area contributed by atoms with Crippen molar-refractivity contribution in [3.8, 4) is 0 Å². The topological polar surface area (TPSA) is 191 Å². The quantitative estimate of drug-likeness (QED) is 0.0606. The molecule has 2 aromatic carbocycles. The molecule has 0 N–H and O–H groups in total. The molecular weight excluding hydrogens is 923 g/mol. The molecule has 17 heteroatoms. The number of benzene rings is 2. The minimum atomic E-state index is -1.46. The molecule has 2 aromatic rings. The molecule has 1 aliphatic heterocycles. The van der Waals surface area contributed by atoms with Crippen LogP contribution in [0.1, 0.15) is 106 Å². The summed E-state index contributed by atoms with van der Waals surface area (Å²) in [6.07, 6.45) is -3.63. The van der Waals surface area contributed by atoms with E-state index in [-0.39, 0.29) is 74.6 Å². The van der Waals surface area contributed by atoms with Gasteiger partial charge in [0.05, 0.1) is 0 Å². The molecular formula is C55H81N5O12. The Hall–Kier alpha value is -6.26. The molecule has 0 saturated carbocycles. The van der Waals surface area contributed by atoms with Gasteiger partial charge in [-0.25, -0.2) is 19.2 Å². The first kappa shape index (κ1) is 60.0. The van der Waals surface area contributed by atoms with E-state index in [0.717, 1.165) is 4.90 Å². The summed E-state index contributed by atoms with van der Waals surface area (Å²) in [5, 5.41) is 4.34. The predicted molar refractivity (Wildman–Crippen MR) is 274 cm³/mol. The van der Waals surface area contributed by atoms with Crippen molar-refractivity contribution in [3.63, 3.8) is 0 Å². The highest BCUT2D eigenvalue weighted by Crippen LogP contribution is 2.24. The second-order valence-corrected chi connectivity index (χ2v) is 20.5. The molecule has 72 heavy (non-hydrogen) atoms. The van der Waals surface area contributed by atoms with Crippen molar-refractivity contribution < 1.29 is 57.3 Å². The minimum Gasteiger partial charge on any atom is -0.453 e. The normalized spacial score (nSPS) is 24.9. The van der Waals surface area contributed by atoms with Crippen LogP contribution in [0.3, 0.4) is 0 Å². The number of hydrogen-bond donors (Lipinski definition) is 0. The third-order valence-corrected chi connectivity index (χ3v) is 12.4. The van der Waals surface area contributed by atoms with Crippen LogP contribution >= 0.6 is 0 Å². The van der Waals surface area contributed by atoms with Crippen molar-refractivity contribution in [3.05, 3.63) is 84.4 Å². The van der Waals surface area contributed by atoms with Gasteiger partial charge in [0.2, 0.25) is 0 Å². The Bertz CT molecular complexity index is 2150. The summed E-state index contributed by atoms with van der Waals surface area (Å²) in [4.78, 5) is 113. The number of nitrogens with zero attached hydrogens (tertiary/aromatic N) is 5. The van der Waals surface area contributed by atoms with Crippen LogP contribution in [0.5, 0.6) is 0 Å². The van der Waals surface area contributed by atoms with Gasteiger partial charge in [0.1, 0.15) is 30.8 Å². The van der Waals surface area contributed by atoms with Crippen LogP contribution in [0.15, 0.2) is 78.5 Å². The number of rotatable bonds is 15. The van der Waals surface area contributed by atoms with E-state index >= 15 is 0 Å². The molecule has 1 aliphatic rings. The predicted octanol–water partition coefficient (Wildman–Crippen LogP) is 6.65. The highest BCUT2D eigenvalue weighted by Gasteiger charge is 2.42. The van der Waals surface area contributed by atoms with E-state index in [1.54, 1.807) is 62.5 Å². The number of oxime groups is 1. The Balaban J connectivity index is 2.33. The molecule has 1 saturated heterocycles. The van der Waals surface area contributed by atoms with E-state index in [1.165, 1.54) is 48.8 Å². The van der Waals surface area contributed by atoms with Gasteiger partial charge >= 0.3 is 23.9 Å². The molecule has 0 bridgehead atoms. The molecule has 3 amide bonds. The summed E-state index contributed by atoms with van der Waals surface area (Å²) >= 11 is 0. The first-order valence-corrected chi connectivity index (χ1v) is 25.1. The average molecular weight is 1000 g/mol. The average Bonchev–Trinajstić information content (AvgIpc) is 3.32. The first-order valence-electron chi connectivity index (χ1n) is 25.1. The molecule has 0 radical (unpaired) electrons. The van der Waals surface area contributed by atoms with Crippen LogP contribution in [-0.2, 0) is 70.2 Å². The molecule has 398 valence electrons. The molecule has 0 aliphatic carbocycles. The fourth-order valence-electron chi connectivity index (χ4n) is 8.44. The van der Waals surface area contributed by atoms with E-state index in [9.17, 15) is 33.6 Å². The van der Waals surface area contributed by atoms with Gasteiger partial charge in [0.15, 0.2) is 30.3 Å². The van der Waals surface area contributed by atoms with Crippen LogP contribution in [0.4, 0.5) is 0 Å². The van der Waals surface area contributed by atoms with Crippen molar-refractivity contribution in [2.24, 2.45) is 28.8 Å². The molecule has 17 nitrogen and oxygen atoms in total. The molecule has 8 atom stereocenters. The zero-order valence-electron chi connectivity index (χ0n) is 45.1. The summed E-state index contributed by atoms with van der Waals surface area (Å²) < 4.78 is 24.4. The number of esters is 4. The summed E-state index contributed by atoms with van der Waals surface area (Å²) in [7, 11) is 5.83. The van der Waals surface area contributed by atoms with Gasteiger partial charge in [-0.05, 0) is 74.3 Å². The highest BCUT2D eigenvalue weighted by molar-refractivity contribution is 5.95. The van der Waals surface area contributed by atoms with Crippen molar-refractivity contribution >= 4 is 47.4 Å². The van der Waals surface area contributed by atoms with Gasteiger partial charge in [0.25, 0.3) is 17.7 Å². The number of hydrogen-bond acceptors (Lipinski definition) is 13. The lowest BCUT2D eigenvalue weighted by Crippen LogP contribution is -2.55. The van der Waals surface area contributed by atoms with E-state index in [2.05, 4.69) is 11.7 Å². The number of cyclic esters (lactones) is 4. The lowest BCUT2D eigenvalue weighted by molar-refractivity contribution is -0.174. The summed E-state index contributed by atoms with van der Waals surface area (Å²) in [6.45, 7) is 21.6. The van der Waals surface area contributed by atoms with Gasteiger partial charge in [-0.1, -0.05) is 134 Å². The van der Waals surface area contributed by atoms with Crippen molar-refractivity contribution in [2.45, 2.75) is 156 Å². The van der Waals surface area contributed by atoms with Crippen LogP contribution < -0.4 is 0 Å². The Morgan fingerprint density at radius 2 is 0.819 bits per heavy atom. The summed E-state index contributed by atoms with van der Waals surface area (Å²) in [5.41, 5.74) is 1.33. The third-order valence-electron chi connectivity index (χ3n) is 12.4. The Labute approximate surface area is 427 Å². The molecule has 0 spiro atoms. The number of amidine groups is 1. The minimum absolute atomic E-state index is 0.0159. The van der Waals surface area contributed by atoms with Gasteiger partial charge in [-0.15, -0.1) is 0 Å². The second kappa shape index (κ2) is 28.7. The van der Waals surface area contributed by atoms with Crippen LogP contribution in [0.25, 0.3) is 0 Å². The van der Waals surface area contributed by atoms with E-state index in [1.807, 2.05) is 67.5 Å². The zero-order chi connectivity index (χ0) is 54.0. The fraction of sp³-hybridized carbons (Fsp3) is 0.600. The smallest absolute Gasteiger partial charge is 0.329 e. The maximum Gasteiger partial charge on any atom is 0.329 e. The molecule has 3 rings (SSSR count). The summed E-state index contributed by atoms with van der Waals surface area (Å²) in [5.74, 6) is -6.03. The molecule has 1 fully saturated rings. The van der Waals surface area contributed by atoms with Gasteiger partial charge < -0.3 is 43.4 Å². The van der Waals surface area contributed by atoms with Crippen molar-refractivity contribution in [1.82, 2.24) is 19.6 Å². The zero-order valence-corrected chi connectivity index (χ0v) is 45.1. The van der Waals surface area contributed by atoms with E-state index < -0.39 is 90.2 Å². The van der Waals surface area contributed by atoms with Gasteiger partial charge in [-0.2, -0.15) is 0 Å². The monoisotopic (exact) mass is 1000 g/mol. The van der Waals surface area contributed by atoms with Crippen LogP contribution in [-0.4, -0.2) is 150 Å². The number of amides is 3. The Kier molecular flexibility index (Phi) is 23.9. The Morgan fingerprint density at radius 1 is 0.500 bits per heavy atom. The SMILES string of the molecule is C=CCO/N=C1\[C@@H](C)OC(=O)[C@H](CC(C)C)N(C)C(=O)[C@@H](Cc2ccccc2)OC(=O)[C@H](CC(C)C)N(C)C(=O)[C@@H](C)OC(=O)C(CC(C)C)N(C)C(=O)[C@@H](Cc2ccccc2)OC(=O)[C@H](CC(C)C)N1C. The molecule has 1 unspecified atom stereocenters. The van der Waals surface area contributed by atoms with Crippen molar-refractivity contribution in [1.29, 1.82) is 0 Å². The first-order chi connectivity index (χ1) is 33.9. The summed E-state index contributed by atoms with van der Waals surface area (Å²) in [6, 6.07) is 13.1. The van der Waals surface area contributed by atoms with Crippen molar-refractivity contribution in [2.75, 3.05) is 34.8 Å².